The van der Waals surface area contributed by atoms with Crippen LogP contribution in [0.4, 0.5) is 0 Å². The minimum Gasteiger partial charge on any atom is -0.497 e. The molecule has 1 fully saturated rings. The highest BCUT2D eigenvalue weighted by molar-refractivity contribution is 5.94. The molecule has 0 saturated carbocycles. The lowest BCUT2D eigenvalue weighted by Gasteiger charge is -2.28. The van der Waals surface area contributed by atoms with Gasteiger partial charge in [0.25, 0.3) is 5.91 Å². The minimum absolute atomic E-state index is 0.136. The summed E-state index contributed by atoms with van der Waals surface area (Å²) < 4.78 is 5.27. The average Bonchev–Trinajstić information content (AvgIpc) is 3.28. The van der Waals surface area contributed by atoms with Crippen molar-refractivity contribution in [1.82, 2.24) is 15.2 Å². The van der Waals surface area contributed by atoms with Crippen molar-refractivity contribution in [3.8, 4) is 5.75 Å². The Morgan fingerprint density at radius 2 is 1.82 bits per heavy atom. The molecule has 1 N–H and O–H groups in total. The number of aromatic nitrogens is 1. The molecule has 5 nitrogen and oxygen atoms in total. The molecule has 0 bridgehead atoms. The minimum atomic E-state index is -0.136. The number of carbonyl (C=O) groups is 1. The van der Waals surface area contributed by atoms with Gasteiger partial charge in [0.05, 0.1) is 18.7 Å². The number of nitrogens with zero attached hydrogens (tertiary/aromatic N) is 2. The number of amides is 1. The van der Waals surface area contributed by atoms with Gasteiger partial charge in [-0.3, -0.25) is 9.69 Å². The fourth-order valence-corrected chi connectivity index (χ4v) is 3.81. The van der Waals surface area contributed by atoms with Gasteiger partial charge >= 0.3 is 0 Å². The Morgan fingerprint density at radius 1 is 1.07 bits per heavy atom. The van der Waals surface area contributed by atoms with Crippen LogP contribution in [0.5, 0.6) is 5.75 Å². The Hall–Kier alpha value is -2.92. The van der Waals surface area contributed by atoms with E-state index in [0.29, 0.717) is 12.2 Å². The van der Waals surface area contributed by atoms with E-state index in [-0.39, 0.29) is 11.9 Å². The van der Waals surface area contributed by atoms with E-state index in [2.05, 4.69) is 27.3 Å². The Bertz CT molecular complexity index is 949. The van der Waals surface area contributed by atoms with Gasteiger partial charge in [0.15, 0.2) is 0 Å². The molecular weight excluding hydrogens is 350 g/mol. The first kappa shape index (κ1) is 18.4. The highest BCUT2D eigenvalue weighted by Crippen LogP contribution is 2.26. The van der Waals surface area contributed by atoms with Crippen LogP contribution in [0.15, 0.2) is 60.7 Å². The monoisotopic (exact) mass is 375 g/mol. The molecule has 1 aliphatic heterocycles. The SMILES string of the molecule is COc1ccc(C(CNC(=O)c2ccc3ccccc3n2)N2CCCC2)cc1. The van der Waals surface area contributed by atoms with Gasteiger partial charge in [-0.05, 0) is 55.8 Å². The Balaban J connectivity index is 1.50. The van der Waals surface area contributed by atoms with Crippen LogP contribution >= 0.6 is 0 Å². The number of hydrogen-bond acceptors (Lipinski definition) is 4. The van der Waals surface area contributed by atoms with Gasteiger partial charge in [0, 0.05) is 11.9 Å². The molecule has 1 unspecified atom stereocenters. The number of benzene rings is 2. The smallest absolute Gasteiger partial charge is 0.269 e. The fourth-order valence-electron chi connectivity index (χ4n) is 3.81. The first-order chi connectivity index (χ1) is 13.7. The zero-order chi connectivity index (χ0) is 19.3. The number of carbonyl (C=O) groups excluding carboxylic acids is 1. The van der Waals surface area contributed by atoms with Crippen molar-refractivity contribution in [2.45, 2.75) is 18.9 Å². The maximum Gasteiger partial charge on any atom is 0.269 e. The highest BCUT2D eigenvalue weighted by Gasteiger charge is 2.24. The second-order valence-corrected chi connectivity index (χ2v) is 7.13. The Morgan fingerprint density at radius 3 is 2.57 bits per heavy atom. The standard InChI is InChI=1S/C23H25N3O2/c1-28-19-11-8-18(9-12-19)22(26-14-4-5-15-26)16-24-23(27)21-13-10-17-6-2-3-7-20(17)25-21/h2-3,6-13,22H,4-5,14-16H2,1H3,(H,24,27). The lowest BCUT2D eigenvalue weighted by Crippen LogP contribution is -2.37. The molecule has 1 saturated heterocycles. The van der Waals surface area contributed by atoms with Crippen LogP contribution in [-0.2, 0) is 0 Å². The molecule has 2 aromatic carbocycles. The van der Waals surface area contributed by atoms with Crippen LogP contribution in [-0.4, -0.2) is 42.5 Å². The van der Waals surface area contributed by atoms with Crippen molar-refractivity contribution in [3.05, 3.63) is 71.9 Å². The molecule has 1 amide bonds. The van der Waals surface area contributed by atoms with E-state index in [0.717, 1.165) is 29.7 Å². The summed E-state index contributed by atoms with van der Waals surface area (Å²) >= 11 is 0. The second kappa shape index (κ2) is 8.40. The van der Waals surface area contributed by atoms with Crippen LogP contribution in [0.3, 0.4) is 0 Å². The zero-order valence-electron chi connectivity index (χ0n) is 16.1. The number of methoxy groups -OCH3 is 1. The van der Waals surface area contributed by atoms with Crippen LogP contribution in [0.1, 0.15) is 34.9 Å². The summed E-state index contributed by atoms with van der Waals surface area (Å²) in [5.41, 5.74) is 2.48. The molecular formula is C23H25N3O2. The lowest BCUT2D eigenvalue weighted by molar-refractivity contribution is 0.0933. The molecule has 3 aromatic rings. The van der Waals surface area contributed by atoms with E-state index in [1.165, 1.54) is 18.4 Å². The lowest BCUT2D eigenvalue weighted by atomic mass is 10.1. The van der Waals surface area contributed by atoms with Crippen molar-refractivity contribution in [2.75, 3.05) is 26.7 Å². The molecule has 4 rings (SSSR count). The topological polar surface area (TPSA) is 54.5 Å². The molecule has 0 radical (unpaired) electrons. The van der Waals surface area contributed by atoms with Gasteiger partial charge in [0.2, 0.25) is 0 Å². The summed E-state index contributed by atoms with van der Waals surface area (Å²) in [5.74, 6) is 0.705. The van der Waals surface area contributed by atoms with Crippen molar-refractivity contribution in [2.24, 2.45) is 0 Å². The molecule has 5 heteroatoms. The van der Waals surface area contributed by atoms with Crippen molar-refractivity contribution >= 4 is 16.8 Å². The molecule has 0 aliphatic carbocycles. The molecule has 2 heterocycles. The highest BCUT2D eigenvalue weighted by atomic mass is 16.5. The van der Waals surface area contributed by atoms with Crippen molar-refractivity contribution < 1.29 is 9.53 Å². The third-order valence-corrected chi connectivity index (χ3v) is 5.37. The number of rotatable bonds is 6. The van der Waals surface area contributed by atoms with Gasteiger partial charge in [-0.2, -0.15) is 0 Å². The predicted octanol–water partition coefficient (Wildman–Crippen LogP) is 3.81. The fraction of sp³-hybridized carbons (Fsp3) is 0.304. The first-order valence-corrected chi connectivity index (χ1v) is 9.76. The second-order valence-electron chi connectivity index (χ2n) is 7.13. The van der Waals surface area contributed by atoms with E-state index in [1.54, 1.807) is 13.2 Å². The first-order valence-electron chi connectivity index (χ1n) is 9.76. The molecule has 0 spiro atoms. The summed E-state index contributed by atoms with van der Waals surface area (Å²) in [7, 11) is 1.67. The van der Waals surface area contributed by atoms with Gasteiger partial charge in [0.1, 0.15) is 11.4 Å². The summed E-state index contributed by atoms with van der Waals surface area (Å²) in [5, 5.41) is 4.13. The quantitative estimate of drug-likeness (QED) is 0.712. The Kier molecular flexibility index (Phi) is 5.53. The number of ether oxygens (including phenoxy) is 1. The molecule has 1 aliphatic rings. The number of pyridine rings is 1. The molecule has 1 aromatic heterocycles. The van der Waals surface area contributed by atoms with Crippen LogP contribution in [0.25, 0.3) is 10.9 Å². The van der Waals surface area contributed by atoms with E-state index in [4.69, 9.17) is 4.74 Å². The number of nitrogens with one attached hydrogen (secondary N) is 1. The molecule has 144 valence electrons. The van der Waals surface area contributed by atoms with Crippen LogP contribution in [0.2, 0.25) is 0 Å². The normalized spacial score (nSPS) is 15.5. The van der Waals surface area contributed by atoms with Gasteiger partial charge in [-0.15, -0.1) is 0 Å². The summed E-state index contributed by atoms with van der Waals surface area (Å²) in [6.07, 6.45) is 2.40. The van der Waals surface area contributed by atoms with Crippen LogP contribution < -0.4 is 10.1 Å². The number of fused-ring (bicyclic) bond motifs is 1. The van der Waals surface area contributed by atoms with Crippen molar-refractivity contribution in [3.63, 3.8) is 0 Å². The van der Waals surface area contributed by atoms with Crippen molar-refractivity contribution in [1.29, 1.82) is 0 Å². The summed E-state index contributed by atoms with van der Waals surface area (Å²) in [6.45, 7) is 2.67. The van der Waals surface area contributed by atoms with E-state index >= 15 is 0 Å². The Labute approximate surface area is 165 Å². The maximum atomic E-state index is 12.7. The largest absolute Gasteiger partial charge is 0.497 e. The number of para-hydroxylation sites is 1. The van der Waals surface area contributed by atoms with Gasteiger partial charge < -0.3 is 10.1 Å². The van der Waals surface area contributed by atoms with E-state index < -0.39 is 0 Å². The number of hydrogen-bond donors (Lipinski definition) is 1. The number of likely N-dealkylation sites (tertiary alicyclic amines) is 1. The van der Waals surface area contributed by atoms with E-state index in [1.807, 2.05) is 42.5 Å². The third-order valence-electron chi connectivity index (χ3n) is 5.37. The molecule has 1 atom stereocenters. The van der Waals surface area contributed by atoms with Gasteiger partial charge in [-0.1, -0.05) is 36.4 Å². The van der Waals surface area contributed by atoms with Crippen LogP contribution in [0, 0.1) is 0 Å². The zero-order valence-corrected chi connectivity index (χ0v) is 16.1. The average molecular weight is 375 g/mol. The van der Waals surface area contributed by atoms with E-state index in [9.17, 15) is 4.79 Å². The third kappa shape index (κ3) is 3.99. The van der Waals surface area contributed by atoms with Gasteiger partial charge in [-0.25, -0.2) is 4.98 Å². The summed E-state index contributed by atoms with van der Waals surface area (Å²) in [6, 6.07) is 19.8. The summed E-state index contributed by atoms with van der Waals surface area (Å²) in [4.78, 5) is 19.7. The maximum absolute atomic E-state index is 12.7. The molecule has 28 heavy (non-hydrogen) atoms. The predicted molar refractivity (Wildman–Crippen MR) is 111 cm³/mol.